The number of ether oxygens (including phenoxy) is 1. The summed E-state index contributed by atoms with van der Waals surface area (Å²) in [5, 5.41) is 0. The normalized spacial score (nSPS) is 15.5. The van der Waals surface area contributed by atoms with E-state index in [4.69, 9.17) is 4.74 Å². The summed E-state index contributed by atoms with van der Waals surface area (Å²) >= 11 is 3.13. The maximum absolute atomic E-state index is 11.1. The smallest absolute Gasteiger partial charge is 0.268 e. The van der Waals surface area contributed by atoms with Gasteiger partial charge in [-0.15, -0.1) is 0 Å². The summed E-state index contributed by atoms with van der Waals surface area (Å²) < 4.78 is 5.76. The number of nitrogens with one attached hydrogen (secondary N) is 1. The molecule has 1 saturated carbocycles. The van der Waals surface area contributed by atoms with Gasteiger partial charge in [-0.25, -0.2) is 4.98 Å². The summed E-state index contributed by atoms with van der Waals surface area (Å²) in [7, 11) is 0. The molecule has 1 aliphatic carbocycles. The van der Waals surface area contributed by atoms with Gasteiger partial charge >= 0.3 is 0 Å². The van der Waals surface area contributed by atoms with E-state index >= 15 is 0 Å². The van der Waals surface area contributed by atoms with Gasteiger partial charge in [0.25, 0.3) is 5.56 Å². The van der Waals surface area contributed by atoms with Crippen LogP contribution in [0.1, 0.15) is 19.3 Å². The Hall–Kier alpha value is -0.840. The van der Waals surface area contributed by atoms with Gasteiger partial charge in [-0.2, -0.15) is 0 Å². The van der Waals surface area contributed by atoms with E-state index in [0.717, 1.165) is 12.3 Å². The highest BCUT2D eigenvalue weighted by Gasteiger charge is 2.21. The molecule has 0 unspecified atom stereocenters. The van der Waals surface area contributed by atoms with E-state index in [1.54, 1.807) is 0 Å². The Morgan fingerprint density at radius 1 is 1.64 bits per heavy atom. The maximum Gasteiger partial charge on any atom is 0.268 e. The molecule has 5 heteroatoms. The lowest BCUT2D eigenvalue weighted by atomic mass is 10.3. The van der Waals surface area contributed by atoms with E-state index in [1.165, 1.54) is 19.2 Å². The van der Waals surface area contributed by atoms with Gasteiger partial charge in [0, 0.05) is 0 Å². The fourth-order valence-corrected chi connectivity index (χ4v) is 1.53. The van der Waals surface area contributed by atoms with Gasteiger partial charge < -0.3 is 9.72 Å². The SMILES string of the molecule is O=c1[nH]cnc(OCCC2CC2)c1Br. The van der Waals surface area contributed by atoms with Crippen LogP contribution in [-0.2, 0) is 0 Å². The Bertz CT molecular complexity index is 373. The largest absolute Gasteiger partial charge is 0.477 e. The Balaban J connectivity index is 1.93. The molecule has 0 radical (unpaired) electrons. The predicted octanol–water partition coefficient (Wildman–Crippen LogP) is 1.71. The third kappa shape index (κ3) is 2.35. The average molecular weight is 259 g/mol. The molecule has 2 rings (SSSR count). The summed E-state index contributed by atoms with van der Waals surface area (Å²) in [5.41, 5.74) is -0.207. The van der Waals surface area contributed by atoms with E-state index in [2.05, 4.69) is 25.9 Å². The zero-order valence-corrected chi connectivity index (χ0v) is 9.21. The summed E-state index contributed by atoms with van der Waals surface area (Å²) in [4.78, 5) is 17.5. The van der Waals surface area contributed by atoms with Crippen molar-refractivity contribution >= 4 is 15.9 Å². The molecule has 1 fully saturated rings. The number of halogens is 1. The van der Waals surface area contributed by atoms with Crippen LogP contribution in [0.25, 0.3) is 0 Å². The van der Waals surface area contributed by atoms with Crippen molar-refractivity contribution in [2.24, 2.45) is 5.92 Å². The van der Waals surface area contributed by atoms with E-state index in [-0.39, 0.29) is 5.56 Å². The van der Waals surface area contributed by atoms with Crippen molar-refractivity contribution in [2.45, 2.75) is 19.3 Å². The van der Waals surface area contributed by atoms with Crippen molar-refractivity contribution in [3.63, 3.8) is 0 Å². The standard InChI is InChI=1S/C9H11BrN2O2/c10-7-8(13)11-5-12-9(7)14-4-3-6-1-2-6/h5-6H,1-4H2,(H,11,12,13). The minimum atomic E-state index is -0.207. The molecule has 1 aliphatic rings. The highest BCUT2D eigenvalue weighted by molar-refractivity contribution is 9.10. The lowest BCUT2D eigenvalue weighted by Gasteiger charge is -2.04. The number of hydrogen-bond acceptors (Lipinski definition) is 3. The Morgan fingerprint density at radius 3 is 3.14 bits per heavy atom. The van der Waals surface area contributed by atoms with Crippen LogP contribution in [-0.4, -0.2) is 16.6 Å². The number of rotatable bonds is 4. The summed E-state index contributed by atoms with van der Waals surface area (Å²) in [6, 6.07) is 0. The number of hydrogen-bond donors (Lipinski definition) is 1. The van der Waals surface area contributed by atoms with Crippen LogP contribution in [0.15, 0.2) is 15.6 Å². The predicted molar refractivity (Wildman–Crippen MR) is 55.4 cm³/mol. The molecule has 0 saturated heterocycles. The molecule has 0 spiro atoms. The molecule has 0 bridgehead atoms. The number of aromatic amines is 1. The second-order valence-electron chi connectivity index (χ2n) is 3.43. The van der Waals surface area contributed by atoms with E-state index in [1.807, 2.05) is 0 Å². The molecule has 0 aromatic carbocycles. The molecular formula is C9H11BrN2O2. The minimum Gasteiger partial charge on any atom is -0.477 e. The molecule has 1 heterocycles. The van der Waals surface area contributed by atoms with Crippen LogP contribution in [0.2, 0.25) is 0 Å². The van der Waals surface area contributed by atoms with Gasteiger partial charge in [-0.1, -0.05) is 12.8 Å². The van der Waals surface area contributed by atoms with Gasteiger partial charge in [-0.3, -0.25) is 4.79 Å². The molecule has 1 aromatic heterocycles. The summed E-state index contributed by atoms with van der Waals surface area (Å²) in [6.07, 6.45) is 5.03. The van der Waals surface area contributed by atoms with Crippen molar-refractivity contribution in [2.75, 3.05) is 6.61 Å². The Morgan fingerprint density at radius 2 is 2.43 bits per heavy atom. The van der Waals surface area contributed by atoms with E-state index < -0.39 is 0 Å². The maximum atomic E-state index is 11.1. The van der Waals surface area contributed by atoms with E-state index in [9.17, 15) is 4.79 Å². The molecule has 0 aliphatic heterocycles. The molecule has 1 aromatic rings. The number of H-pyrrole nitrogens is 1. The molecule has 4 nitrogen and oxygen atoms in total. The Labute approximate surface area is 89.8 Å². The van der Waals surface area contributed by atoms with Crippen molar-refractivity contribution < 1.29 is 4.74 Å². The summed E-state index contributed by atoms with van der Waals surface area (Å²) in [6.45, 7) is 0.639. The highest BCUT2D eigenvalue weighted by atomic mass is 79.9. The summed E-state index contributed by atoms with van der Waals surface area (Å²) in [5.74, 6) is 1.21. The fourth-order valence-electron chi connectivity index (χ4n) is 1.20. The average Bonchev–Trinajstić information content (AvgIpc) is 2.96. The van der Waals surface area contributed by atoms with Crippen molar-refractivity contribution in [3.05, 3.63) is 21.2 Å². The second-order valence-corrected chi connectivity index (χ2v) is 4.22. The molecule has 1 N–H and O–H groups in total. The topological polar surface area (TPSA) is 55.0 Å². The van der Waals surface area contributed by atoms with Crippen LogP contribution in [0.3, 0.4) is 0 Å². The molecule has 76 valence electrons. The van der Waals surface area contributed by atoms with Crippen molar-refractivity contribution in [1.29, 1.82) is 0 Å². The first kappa shape index (κ1) is 9.71. The van der Waals surface area contributed by atoms with E-state index in [0.29, 0.717) is 17.0 Å². The van der Waals surface area contributed by atoms with Gasteiger partial charge in [0.15, 0.2) is 0 Å². The first-order valence-electron chi connectivity index (χ1n) is 4.63. The first-order valence-corrected chi connectivity index (χ1v) is 5.42. The van der Waals surface area contributed by atoms with Crippen LogP contribution in [0.4, 0.5) is 0 Å². The van der Waals surface area contributed by atoms with Crippen molar-refractivity contribution in [1.82, 2.24) is 9.97 Å². The lowest BCUT2D eigenvalue weighted by molar-refractivity contribution is 0.288. The number of aromatic nitrogens is 2. The minimum absolute atomic E-state index is 0.207. The lowest BCUT2D eigenvalue weighted by Crippen LogP contribution is -2.10. The Kier molecular flexibility index (Phi) is 2.86. The quantitative estimate of drug-likeness (QED) is 0.895. The number of nitrogens with zero attached hydrogens (tertiary/aromatic N) is 1. The molecular weight excluding hydrogens is 248 g/mol. The third-order valence-corrected chi connectivity index (χ3v) is 2.93. The molecule has 14 heavy (non-hydrogen) atoms. The van der Waals surface area contributed by atoms with Gasteiger partial charge in [-0.05, 0) is 28.3 Å². The van der Waals surface area contributed by atoms with Crippen LogP contribution in [0.5, 0.6) is 5.88 Å². The van der Waals surface area contributed by atoms with Gasteiger partial charge in [0.2, 0.25) is 5.88 Å². The fraction of sp³-hybridized carbons (Fsp3) is 0.556. The second kappa shape index (κ2) is 4.13. The molecule has 0 amide bonds. The first-order chi connectivity index (χ1) is 6.77. The third-order valence-electron chi connectivity index (χ3n) is 2.23. The van der Waals surface area contributed by atoms with Crippen LogP contribution in [0, 0.1) is 5.92 Å². The van der Waals surface area contributed by atoms with Gasteiger partial charge in [0.1, 0.15) is 4.47 Å². The zero-order valence-electron chi connectivity index (χ0n) is 7.62. The molecule has 0 atom stereocenters. The van der Waals surface area contributed by atoms with Crippen LogP contribution < -0.4 is 10.3 Å². The monoisotopic (exact) mass is 258 g/mol. The van der Waals surface area contributed by atoms with Crippen LogP contribution >= 0.6 is 15.9 Å². The zero-order chi connectivity index (χ0) is 9.97. The van der Waals surface area contributed by atoms with Gasteiger partial charge in [0.05, 0.1) is 12.9 Å². The highest BCUT2D eigenvalue weighted by Crippen LogP contribution is 2.32. The van der Waals surface area contributed by atoms with Crippen molar-refractivity contribution in [3.8, 4) is 5.88 Å².